The van der Waals surface area contributed by atoms with E-state index < -0.39 is 0 Å². The van der Waals surface area contributed by atoms with Crippen LogP contribution in [0.1, 0.15) is 18.0 Å². The van der Waals surface area contributed by atoms with E-state index in [1.54, 1.807) is 0 Å². The van der Waals surface area contributed by atoms with Gasteiger partial charge in [-0.3, -0.25) is 0 Å². The zero-order valence-electron chi connectivity index (χ0n) is 10.1. The number of benzene rings is 1. The van der Waals surface area contributed by atoms with Crippen molar-refractivity contribution in [2.24, 2.45) is 0 Å². The second kappa shape index (κ2) is 6.70. The predicted octanol–water partition coefficient (Wildman–Crippen LogP) is 3.32. The molecule has 0 spiro atoms. The lowest BCUT2D eigenvalue weighted by Gasteiger charge is -2.19. The summed E-state index contributed by atoms with van der Waals surface area (Å²) >= 11 is 11.8. The summed E-state index contributed by atoms with van der Waals surface area (Å²) in [6.07, 6.45) is 1.99. The van der Waals surface area contributed by atoms with Crippen LogP contribution in [-0.4, -0.2) is 21.7 Å². The van der Waals surface area contributed by atoms with Crippen LogP contribution in [0.3, 0.4) is 0 Å². The van der Waals surface area contributed by atoms with Gasteiger partial charge in [0.1, 0.15) is 10.8 Å². The minimum atomic E-state index is -0.0883. The lowest BCUT2D eigenvalue weighted by Crippen LogP contribution is -2.14. The second-order valence-electron chi connectivity index (χ2n) is 3.96. The van der Waals surface area contributed by atoms with Crippen LogP contribution < -0.4 is 5.32 Å². The Bertz CT molecular complexity index is 537. The van der Waals surface area contributed by atoms with Crippen LogP contribution in [0.5, 0.6) is 0 Å². The maximum Gasteiger partial charge on any atom is 0.224 e. The van der Waals surface area contributed by atoms with Crippen LogP contribution >= 0.6 is 23.2 Å². The standard InChI is InChI=1S/C13H13Cl2N3O/c14-10-8-16-13(15)18-12(10)17-11(6-7-19)9-4-2-1-3-5-9/h1-5,8,11,19H,6-7H2,(H,16,17,18)/t11-/m1/s1. The third-order valence-corrected chi connectivity index (χ3v) is 3.10. The Labute approximate surface area is 121 Å². The number of aliphatic hydroxyl groups excluding tert-OH is 1. The Morgan fingerprint density at radius 3 is 2.63 bits per heavy atom. The smallest absolute Gasteiger partial charge is 0.224 e. The Morgan fingerprint density at radius 1 is 1.21 bits per heavy atom. The van der Waals surface area contributed by atoms with Crippen molar-refractivity contribution >= 4 is 29.0 Å². The zero-order chi connectivity index (χ0) is 13.7. The molecule has 19 heavy (non-hydrogen) atoms. The molecule has 1 aromatic heterocycles. The minimum Gasteiger partial charge on any atom is -0.396 e. The molecule has 0 unspecified atom stereocenters. The molecule has 0 fully saturated rings. The highest BCUT2D eigenvalue weighted by atomic mass is 35.5. The normalized spacial score (nSPS) is 12.2. The second-order valence-corrected chi connectivity index (χ2v) is 4.70. The van der Waals surface area contributed by atoms with Gasteiger partial charge in [0.2, 0.25) is 5.28 Å². The van der Waals surface area contributed by atoms with Gasteiger partial charge in [0.25, 0.3) is 0 Å². The van der Waals surface area contributed by atoms with E-state index in [-0.39, 0.29) is 17.9 Å². The summed E-state index contributed by atoms with van der Waals surface area (Å²) in [5, 5.41) is 12.9. The fraction of sp³-hybridized carbons (Fsp3) is 0.231. The summed E-state index contributed by atoms with van der Waals surface area (Å²) in [5.74, 6) is 0.462. The summed E-state index contributed by atoms with van der Waals surface area (Å²) in [6, 6.07) is 9.68. The van der Waals surface area contributed by atoms with Crippen LogP contribution in [-0.2, 0) is 0 Å². The molecule has 4 nitrogen and oxygen atoms in total. The summed E-state index contributed by atoms with van der Waals surface area (Å²) in [5.41, 5.74) is 1.04. The molecule has 0 aliphatic heterocycles. The van der Waals surface area contributed by atoms with E-state index in [1.807, 2.05) is 30.3 Å². The first-order chi connectivity index (χ1) is 9.20. The third-order valence-electron chi connectivity index (χ3n) is 2.65. The van der Waals surface area contributed by atoms with Crippen molar-refractivity contribution in [2.45, 2.75) is 12.5 Å². The van der Waals surface area contributed by atoms with E-state index in [0.717, 1.165) is 5.56 Å². The molecule has 1 atom stereocenters. The summed E-state index contributed by atoms with van der Waals surface area (Å²) < 4.78 is 0. The van der Waals surface area contributed by atoms with Crippen molar-refractivity contribution in [3.63, 3.8) is 0 Å². The number of halogens is 2. The van der Waals surface area contributed by atoms with Gasteiger partial charge in [-0.25, -0.2) is 4.98 Å². The van der Waals surface area contributed by atoms with E-state index >= 15 is 0 Å². The molecule has 0 aliphatic carbocycles. The number of rotatable bonds is 5. The van der Waals surface area contributed by atoms with Crippen LogP contribution in [0.2, 0.25) is 10.3 Å². The summed E-state index contributed by atoms with van der Waals surface area (Å²) in [7, 11) is 0. The highest BCUT2D eigenvalue weighted by molar-refractivity contribution is 6.33. The third kappa shape index (κ3) is 3.80. The van der Waals surface area contributed by atoms with Gasteiger partial charge < -0.3 is 10.4 Å². The molecule has 0 amide bonds. The summed E-state index contributed by atoms with van der Waals surface area (Å²) in [4.78, 5) is 7.85. The molecule has 100 valence electrons. The van der Waals surface area contributed by atoms with Crippen LogP contribution in [0.4, 0.5) is 5.82 Å². The Balaban J connectivity index is 2.24. The van der Waals surface area contributed by atoms with E-state index in [9.17, 15) is 0 Å². The quantitative estimate of drug-likeness (QED) is 0.831. The molecular formula is C13H13Cl2N3O. The maximum absolute atomic E-state index is 9.17. The first-order valence-corrected chi connectivity index (χ1v) is 6.56. The highest BCUT2D eigenvalue weighted by Gasteiger charge is 2.13. The average molecular weight is 298 g/mol. The lowest BCUT2D eigenvalue weighted by molar-refractivity contribution is 0.280. The van der Waals surface area contributed by atoms with Crippen molar-refractivity contribution < 1.29 is 5.11 Å². The number of hydrogen-bond donors (Lipinski definition) is 2. The van der Waals surface area contributed by atoms with E-state index in [2.05, 4.69) is 15.3 Å². The van der Waals surface area contributed by atoms with Crippen molar-refractivity contribution in [3.05, 3.63) is 52.4 Å². The van der Waals surface area contributed by atoms with Crippen molar-refractivity contribution in [1.29, 1.82) is 0 Å². The van der Waals surface area contributed by atoms with Crippen molar-refractivity contribution in [2.75, 3.05) is 11.9 Å². The molecule has 2 N–H and O–H groups in total. The molecule has 0 bridgehead atoms. The van der Waals surface area contributed by atoms with Gasteiger partial charge in [-0.15, -0.1) is 0 Å². The number of aliphatic hydroxyl groups is 1. The molecule has 0 aliphatic rings. The van der Waals surface area contributed by atoms with Crippen LogP contribution in [0.25, 0.3) is 0 Å². The van der Waals surface area contributed by atoms with Gasteiger partial charge in [-0.05, 0) is 23.6 Å². The molecule has 2 aromatic rings. The average Bonchev–Trinajstić information content (AvgIpc) is 2.43. The van der Waals surface area contributed by atoms with Gasteiger partial charge in [-0.1, -0.05) is 41.9 Å². The van der Waals surface area contributed by atoms with Gasteiger partial charge in [0, 0.05) is 6.61 Å². The minimum absolute atomic E-state index is 0.0585. The fourth-order valence-electron chi connectivity index (χ4n) is 1.75. The number of aromatic nitrogens is 2. The zero-order valence-corrected chi connectivity index (χ0v) is 11.6. The first-order valence-electron chi connectivity index (χ1n) is 5.81. The predicted molar refractivity (Wildman–Crippen MR) is 76.6 cm³/mol. The number of anilines is 1. The van der Waals surface area contributed by atoms with Gasteiger partial charge in [0.15, 0.2) is 0 Å². The monoisotopic (exact) mass is 297 g/mol. The van der Waals surface area contributed by atoms with E-state index in [0.29, 0.717) is 17.3 Å². The number of nitrogens with one attached hydrogen (secondary N) is 1. The fourth-order valence-corrected chi connectivity index (χ4v) is 2.03. The van der Waals surface area contributed by atoms with Gasteiger partial charge in [-0.2, -0.15) is 4.98 Å². The molecule has 0 saturated carbocycles. The lowest BCUT2D eigenvalue weighted by atomic mass is 10.0. The molecule has 2 rings (SSSR count). The highest BCUT2D eigenvalue weighted by Crippen LogP contribution is 2.26. The van der Waals surface area contributed by atoms with E-state index in [4.69, 9.17) is 28.3 Å². The number of nitrogens with zero attached hydrogens (tertiary/aromatic N) is 2. The molecule has 1 aromatic carbocycles. The Kier molecular flexibility index (Phi) is 4.96. The number of hydrogen-bond acceptors (Lipinski definition) is 4. The van der Waals surface area contributed by atoms with Gasteiger partial charge >= 0.3 is 0 Å². The Morgan fingerprint density at radius 2 is 1.95 bits per heavy atom. The maximum atomic E-state index is 9.17. The molecule has 0 radical (unpaired) electrons. The largest absolute Gasteiger partial charge is 0.396 e. The van der Waals surface area contributed by atoms with E-state index in [1.165, 1.54) is 6.20 Å². The molecule has 1 heterocycles. The molecular weight excluding hydrogens is 285 g/mol. The van der Waals surface area contributed by atoms with Crippen molar-refractivity contribution in [1.82, 2.24) is 9.97 Å². The summed E-state index contributed by atoms with van der Waals surface area (Å²) in [6.45, 7) is 0.0585. The van der Waals surface area contributed by atoms with Crippen molar-refractivity contribution in [3.8, 4) is 0 Å². The molecule has 0 saturated heterocycles. The van der Waals surface area contributed by atoms with Crippen LogP contribution in [0.15, 0.2) is 36.5 Å². The molecule has 6 heteroatoms. The SMILES string of the molecule is OCC[C@@H](Nc1nc(Cl)ncc1Cl)c1ccccc1. The van der Waals surface area contributed by atoms with Crippen LogP contribution in [0, 0.1) is 0 Å². The van der Waals surface area contributed by atoms with Gasteiger partial charge in [0.05, 0.1) is 12.2 Å². The first kappa shape index (κ1) is 14.1. The Hall–Kier alpha value is -1.36. The topological polar surface area (TPSA) is 58.0 Å².